The predicted molar refractivity (Wildman–Crippen MR) is 45.1 cm³/mol. The monoisotopic (exact) mass is 222 g/mol. The summed E-state index contributed by atoms with van der Waals surface area (Å²) < 4.78 is 38.1. The van der Waals surface area contributed by atoms with Crippen molar-refractivity contribution in [3.8, 4) is 5.75 Å². The number of rotatable bonds is 1. The van der Waals surface area contributed by atoms with Crippen LogP contribution in [0.3, 0.4) is 0 Å². The summed E-state index contributed by atoms with van der Waals surface area (Å²) in [5, 5.41) is 0. The van der Waals surface area contributed by atoms with E-state index in [9.17, 15) is 4.39 Å². The third-order valence-corrected chi connectivity index (χ3v) is 1.73. The van der Waals surface area contributed by atoms with Gasteiger partial charge in [0.15, 0.2) is 5.75 Å². The molecule has 0 aliphatic rings. The highest BCUT2D eigenvalue weighted by Gasteiger charge is 2.05. The van der Waals surface area contributed by atoms with Gasteiger partial charge in [-0.05, 0) is 22.0 Å². The van der Waals surface area contributed by atoms with Gasteiger partial charge in [0.2, 0.25) is 0 Å². The fraction of sp³-hybridized carbons (Fsp3) is 0.143. The molecule has 60 valence electrons. The van der Waals surface area contributed by atoms with Crippen LogP contribution in [0.4, 0.5) is 10.1 Å². The van der Waals surface area contributed by atoms with E-state index in [0.29, 0.717) is 0 Å². The molecule has 0 radical (unpaired) electrons. The molecule has 0 amide bonds. The molecule has 0 aromatic heterocycles. The lowest BCUT2D eigenvalue weighted by atomic mass is 10.3. The van der Waals surface area contributed by atoms with Crippen LogP contribution in [0.2, 0.25) is 0 Å². The number of halogens is 2. The molecule has 0 atom stereocenters. The Labute approximate surface area is 76.5 Å². The molecule has 2 N–H and O–H groups in total. The third-order valence-electron chi connectivity index (χ3n) is 1.14. The van der Waals surface area contributed by atoms with Crippen LogP contribution in [0.1, 0.15) is 4.11 Å². The number of anilines is 1. The van der Waals surface area contributed by atoms with E-state index >= 15 is 0 Å². The van der Waals surface area contributed by atoms with Gasteiger partial charge in [-0.15, -0.1) is 0 Å². The predicted octanol–water partition coefficient (Wildman–Crippen LogP) is 2.18. The molecule has 1 aromatic carbocycles. The van der Waals surface area contributed by atoms with E-state index in [-0.39, 0.29) is 15.9 Å². The first-order valence-corrected chi connectivity index (χ1v) is 3.52. The van der Waals surface area contributed by atoms with Crippen molar-refractivity contribution in [1.29, 1.82) is 0 Å². The largest absolute Gasteiger partial charge is 0.493 e. The topological polar surface area (TPSA) is 35.2 Å². The Morgan fingerprint density at radius 3 is 3.00 bits per heavy atom. The van der Waals surface area contributed by atoms with E-state index in [0.717, 1.165) is 12.1 Å². The summed E-state index contributed by atoms with van der Waals surface area (Å²) in [5.74, 6) is -0.640. The van der Waals surface area contributed by atoms with E-state index in [1.54, 1.807) is 0 Å². The number of methoxy groups -OCH3 is 1. The number of nitrogen functional groups attached to an aromatic ring is 1. The van der Waals surface area contributed by atoms with E-state index < -0.39 is 12.9 Å². The molecule has 0 aliphatic heterocycles. The van der Waals surface area contributed by atoms with Crippen LogP contribution >= 0.6 is 15.9 Å². The quantitative estimate of drug-likeness (QED) is 0.740. The summed E-state index contributed by atoms with van der Waals surface area (Å²) in [6, 6.07) is 2.07. The highest BCUT2D eigenvalue weighted by Crippen LogP contribution is 2.31. The number of ether oxygens (including phenoxy) is 1. The summed E-state index contributed by atoms with van der Waals surface area (Å²) >= 11 is 2.96. The Bertz CT molecular complexity index is 332. The highest BCUT2D eigenvalue weighted by atomic mass is 79.9. The van der Waals surface area contributed by atoms with Crippen LogP contribution in [0.15, 0.2) is 16.6 Å². The van der Waals surface area contributed by atoms with Crippen molar-refractivity contribution in [1.82, 2.24) is 0 Å². The van der Waals surface area contributed by atoms with Crippen molar-refractivity contribution >= 4 is 21.6 Å². The maximum Gasteiger partial charge on any atom is 0.156 e. The fourth-order valence-electron chi connectivity index (χ4n) is 0.688. The second-order valence-electron chi connectivity index (χ2n) is 1.91. The minimum absolute atomic E-state index is 0.0620. The summed E-state index contributed by atoms with van der Waals surface area (Å²) in [5.41, 5.74) is 5.32. The average molecular weight is 223 g/mol. The molecule has 11 heavy (non-hydrogen) atoms. The van der Waals surface area contributed by atoms with Crippen LogP contribution in [-0.4, -0.2) is 7.04 Å². The summed E-state index contributed by atoms with van der Waals surface area (Å²) in [4.78, 5) is 0. The van der Waals surface area contributed by atoms with Crippen LogP contribution < -0.4 is 10.5 Å². The number of hydrogen-bond acceptors (Lipinski definition) is 2. The molecule has 1 rings (SSSR count). The van der Waals surface area contributed by atoms with Gasteiger partial charge in [-0.25, -0.2) is 4.39 Å². The van der Waals surface area contributed by atoms with E-state index in [1.807, 2.05) is 0 Å². The van der Waals surface area contributed by atoms with Crippen molar-refractivity contribution in [3.05, 3.63) is 22.4 Å². The highest BCUT2D eigenvalue weighted by molar-refractivity contribution is 9.10. The summed E-state index contributed by atoms with van der Waals surface area (Å²) in [7, 11) is -2.60. The van der Waals surface area contributed by atoms with Crippen molar-refractivity contribution < 1.29 is 13.2 Å². The Morgan fingerprint density at radius 2 is 2.45 bits per heavy atom. The van der Waals surface area contributed by atoms with E-state index in [4.69, 9.17) is 9.85 Å². The zero-order valence-electron chi connectivity index (χ0n) is 8.40. The Kier molecular flexibility index (Phi) is 1.40. The van der Waals surface area contributed by atoms with Crippen molar-refractivity contribution in [2.75, 3.05) is 12.8 Å². The fourth-order valence-corrected chi connectivity index (χ4v) is 1.22. The Morgan fingerprint density at radius 1 is 1.73 bits per heavy atom. The maximum absolute atomic E-state index is 12.7. The molecule has 4 heteroatoms. The minimum atomic E-state index is -2.60. The molecule has 0 saturated heterocycles. The molecule has 0 fully saturated rings. The number of benzene rings is 1. The van der Waals surface area contributed by atoms with Gasteiger partial charge in [-0.2, -0.15) is 0 Å². The minimum Gasteiger partial charge on any atom is -0.493 e. The lowest BCUT2D eigenvalue weighted by Gasteiger charge is -2.05. The number of nitrogens with two attached hydrogens (primary N) is 1. The SMILES string of the molecule is [2H]C([2H])([2H])Oc1c(N)cc(F)cc1Br. The smallest absolute Gasteiger partial charge is 0.156 e. The zero-order valence-corrected chi connectivity index (χ0v) is 6.98. The van der Waals surface area contributed by atoms with Gasteiger partial charge < -0.3 is 10.5 Å². The van der Waals surface area contributed by atoms with Crippen LogP contribution in [0.25, 0.3) is 0 Å². The van der Waals surface area contributed by atoms with Crippen LogP contribution in [0, 0.1) is 5.82 Å². The lowest BCUT2D eigenvalue weighted by molar-refractivity contribution is 0.413. The molecule has 0 bridgehead atoms. The second-order valence-corrected chi connectivity index (χ2v) is 2.76. The van der Waals surface area contributed by atoms with Crippen molar-refractivity contribution in [2.45, 2.75) is 0 Å². The molecule has 0 saturated carbocycles. The second kappa shape index (κ2) is 3.09. The molecule has 0 spiro atoms. The third kappa shape index (κ3) is 1.63. The lowest BCUT2D eigenvalue weighted by Crippen LogP contribution is -1.94. The number of hydrogen-bond donors (Lipinski definition) is 1. The normalized spacial score (nSPS) is 14.9. The summed E-state index contributed by atoms with van der Waals surface area (Å²) in [6.07, 6.45) is 0. The first-order valence-electron chi connectivity index (χ1n) is 4.23. The zero-order chi connectivity index (χ0) is 10.9. The first kappa shape index (κ1) is 4.98. The molecular formula is C7H7BrFNO. The first-order chi connectivity index (χ1) is 6.29. The molecule has 2 nitrogen and oxygen atoms in total. The van der Waals surface area contributed by atoms with Gasteiger partial charge in [-0.3, -0.25) is 0 Å². The van der Waals surface area contributed by atoms with Gasteiger partial charge in [0.1, 0.15) is 5.82 Å². The van der Waals surface area contributed by atoms with Gasteiger partial charge in [0, 0.05) is 6.07 Å². The Balaban J connectivity index is 3.09. The van der Waals surface area contributed by atoms with Gasteiger partial charge in [0.25, 0.3) is 0 Å². The van der Waals surface area contributed by atoms with Crippen LogP contribution in [0.5, 0.6) is 5.75 Å². The average Bonchev–Trinajstić information content (AvgIpc) is 1.95. The maximum atomic E-state index is 12.7. The molecule has 1 aromatic rings. The van der Waals surface area contributed by atoms with Crippen molar-refractivity contribution in [2.24, 2.45) is 0 Å². The Hall–Kier alpha value is -0.770. The van der Waals surface area contributed by atoms with Gasteiger partial charge in [-0.1, -0.05) is 0 Å². The van der Waals surface area contributed by atoms with Crippen molar-refractivity contribution in [3.63, 3.8) is 0 Å². The van der Waals surface area contributed by atoms with E-state index in [1.165, 1.54) is 0 Å². The summed E-state index contributed by atoms with van der Waals surface area (Å²) in [6.45, 7) is 0. The molecule has 0 aliphatic carbocycles. The van der Waals surface area contributed by atoms with E-state index in [2.05, 4.69) is 20.7 Å². The van der Waals surface area contributed by atoms with Gasteiger partial charge in [0.05, 0.1) is 21.3 Å². The molecule has 0 unspecified atom stereocenters. The molecule has 0 heterocycles. The standard InChI is InChI=1S/C7H7BrFNO/c1-11-7-5(8)2-4(9)3-6(7)10/h2-3H,10H2,1H3/i1D3. The van der Waals surface area contributed by atoms with Crippen LogP contribution in [-0.2, 0) is 0 Å². The van der Waals surface area contributed by atoms with Gasteiger partial charge >= 0.3 is 0 Å². The molecular weight excluding hydrogens is 213 g/mol.